The molecule has 9 heteroatoms. The molecule has 3 rings (SSSR count). The number of nitrogens with one attached hydrogen (secondary N) is 1. The van der Waals surface area contributed by atoms with Crippen molar-refractivity contribution in [1.29, 1.82) is 0 Å². The highest BCUT2D eigenvalue weighted by molar-refractivity contribution is 7.80. The summed E-state index contributed by atoms with van der Waals surface area (Å²) in [6, 6.07) is 8.27. The average molecular weight is 503 g/mol. The van der Waals surface area contributed by atoms with Crippen molar-refractivity contribution >= 4 is 64.1 Å². The number of allylic oxidation sites excluding steroid dienone is 1. The van der Waals surface area contributed by atoms with Crippen molar-refractivity contribution in [1.82, 2.24) is 5.32 Å². The van der Waals surface area contributed by atoms with E-state index in [-0.39, 0.29) is 33.0 Å². The lowest BCUT2D eigenvalue weighted by molar-refractivity contribution is -0.122. The van der Waals surface area contributed by atoms with Crippen LogP contribution >= 0.6 is 35.4 Å². The molecule has 2 aromatic carbocycles. The van der Waals surface area contributed by atoms with Gasteiger partial charge in [0.2, 0.25) is 0 Å². The van der Waals surface area contributed by atoms with E-state index in [4.69, 9.17) is 44.9 Å². The van der Waals surface area contributed by atoms with E-state index in [0.717, 1.165) is 10.5 Å². The number of hydrogen-bond acceptors (Lipinski definition) is 5. The first-order valence-electron chi connectivity index (χ1n) is 9.73. The van der Waals surface area contributed by atoms with Gasteiger partial charge in [-0.2, -0.15) is 0 Å². The van der Waals surface area contributed by atoms with Gasteiger partial charge < -0.3 is 9.47 Å². The third-order valence-corrected chi connectivity index (χ3v) is 5.76. The van der Waals surface area contributed by atoms with E-state index >= 15 is 0 Å². The van der Waals surface area contributed by atoms with Gasteiger partial charge in [-0.05, 0) is 54.5 Å². The maximum absolute atomic E-state index is 13.3. The fourth-order valence-corrected chi connectivity index (χ4v) is 3.89. The van der Waals surface area contributed by atoms with Crippen LogP contribution in [0.3, 0.4) is 0 Å². The van der Waals surface area contributed by atoms with E-state index in [2.05, 4.69) is 18.5 Å². The third kappa shape index (κ3) is 5.11. The van der Waals surface area contributed by atoms with Gasteiger partial charge in [0.1, 0.15) is 12.2 Å². The molecule has 0 aromatic heterocycles. The van der Waals surface area contributed by atoms with Gasteiger partial charge in [0.25, 0.3) is 11.8 Å². The van der Waals surface area contributed by atoms with Crippen LogP contribution in [-0.2, 0) is 16.0 Å². The van der Waals surface area contributed by atoms with Crippen molar-refractivity contribution in [2.75, 3.05) is 18.6 Å². The van der Waals surface area contributed by atoms with Crippen LogP contribution in [-0.4, -0.2) is 30.6 Å². The number of amides is 2. The Kier molecular flexibility index (Phi) is 7.92. The summed E-state index contributed by atoms with van der Waals surface area (Å²) in [4.78, 5) is 27.1. The molecule has 170 valence electrons. The lowest BCUT2D eigenvalue weighted by Gasteiger charge is -2.29. The number of thiocarbonyl (C=S) groups is 1. The third-order valence-electron chi connectivity index (χ3n) is 4.67. The molecule has 0 aliphatic carbocycles. The number of carbonyl (C=O) groups excluding carboxylic acids is 2. The summed E-state index contributed by atoms with van der Waals surface area (Å²) < 4.78 is 11.2. The normalized spacial score (nSPS) is 14.8. The Hall–Kier alpha value is -3.13. The van der Waals surface area contributed by atoms with E-state index in [0.29, 0.717) is 23.5 Å². The van der Waals surface area contributed by atoms with Gasteiger partial charge in [0, 0.05) is 5.56 Å². The van der Waals surface area contributed by atoms with Crippen molar-refractivity contribution in [2.24, 2.45) is 0 Å². The number of methoxy groups -OCH3 is 1. The first kappa shape index (κ1) is 24.5. The molecule has 1 aliphatic heterocycles. The number of halogens is 2. The predicted molar refractivity (Wildman–Crippen MR) is 135 cm³/mol. The van der Waals surface area contributed by atoms with Gasteiger partial charge in [0.15, 0.2) is 16.6 Å². The summed E-state index contributed by atoms with van der Waals surface area (Å²) in [5.74, 6) is -0.288. The quantitative estimate of drug-likeness (QED) is 0.234. The number of ether oxygens (including phenoxy) is 2. The highest BCUT2D eigenvalue weighted by Gasteiger charge is 2.35. The number of hydrogen-bond donors (Lipinski definition) is 1. The number of nitrogens with zero attached hydrogens (tertiary/aromatic N) is 1. The van der Waals surface area contributed by atoms with E-state index < -0.39 is 11.8 Å². The second-order valence-corrected chi connectivity index (χ2v) is 8.01. The zero-order valence-electron chi connectivity index (χ0n) is 17.7. The molecule has 6 nitrogen and oxygen atoms in total. The molecule has 0 bridgehead atoms. The molecular formula is C24H20Cl2N2O4S. The molecule has 0 atom stereocenters. The minimum atomic E-state index is -0.635. The summed E-state index contributed by atoms with van der Waals surface area (Å²) in [6.45, 7) is 7.72. The van der Waals surface area contributed by atoms with E-state index in [9.17, 15) is 9.59 Å². The van der Waals surface area contributed by atoms with Crippen molar-refractivity contribution in [2.45, 2.75) is 6.42 Å². The molecule has 1 heterocycles. The largest absolute Gasteiger partial charge is 0.493 e. The fourth-order valence-electron chi connectivity index (χ4n) is 3.24. The van der Waals surface area contributed by atoms with Crippen LogP contribution in [0.4, 0.5) is 5.69 Å². The summed E-state index contributed by atoms with van der Waals surface area (Å²) in [7, 11) is 1.50. The smallest absolute Gasteiger partial charge is 0.270 e. The molecule has 0 spiro atoms. The summed E-state index contributed by atoms with van der Waals surface area (Å²) in [6.07, 6.45) is 5.27. The first-order chi connectivity index (χ1) is 15.8. The van der Waals surface area contributed by atoms with E-state index in [1.54, 1.807) is 42.5 Å². The minimum absolute atomic E-state index is 0.0931. The number of rotatable bonds is 8. The second kappa shape index (κ2) is 10.7. The molecular weight excluding hydrogens is 483 g/mol. The highest BCUT2D eigenvalue weighted by atomic mass is 35.5. The fraction of sp³-hybridized carbons (Fsp3) is 0.125. The Labute approximate surface area is 207 Å². The van der Waals surface area contributed by atoms with Crippen LogP contribution in [0.2, 0.25) is 10.0 Å². The van der Waals surface area contributed by atoms with Crippen LogP contribution in [0.25, 0.3) is 6.08 Å². The van der Waals surface area contributed by atoms with Crippen LogP contribution in [0.5, 0.6) is 11.5 Å². The molecule has 0 radical (unpaired) electrons. The van der Waals surface area contributed by atoms with Gasteiger partial charge in [0.05, 0.1) is 22.8 Å². The maximum atomic E-state index is 13.3. The highest BCUT2D eigenvalue weighted by Crippen LogP contribution is 2.36. The summed E-state index contributed by atoms with van der Waals surface area (Å²) >= 11 is 17.6. The van der Waals surface area contributed by atoms with Gasteiger partial charge in [-0.3, -0.25) is 19.8 Å². The molecule has 1 aliphatic rings. The Bertz CT molecular complexity index is 1190. The lowest BCUT2D eigenvalue weighted by atomic mass is 10.0. The molecule has 33 heavy (non-hydrogen) atoms. The monoisotopic (exact) mass is 502 g/mol. The Morgan fingerprint density at radius 2 is 1.94 bits per heavy atom. The summed E-state index contributed by atoms with van der Waals surface area (Å²) in [5, 5.41) is 2.83. The van der Waals surface area contributed by atoms with Gasteiger partial charge in [-0.1, -0.05) is 48.0 Å². The molecule has 1 N–H and O–H groups in total. The Morgan fingerprint density at radius 3 is 2.61 bits per heavy atom. The maximum Gasteiger partial charge on any atom is 0.270 e. The van der Waals surface area contributed by atoms with E-state index in [1.165, 1.54) is 13.2 Å². The van der Waals surface area contributed by atoms with Crippen molar-refractivity contribution in [3.05, 3.63) is 82.4 Å². The van der Waals surface area contributed by atoms with Crippen LogP contribution in [0.15, 0.2) is 61.2 Å². The van der Waals surface area contributed by atoms with Crippen LogP contribution in [0, 0.1) is 0 Å². The van der Waals surface area contributed by atoms with Crippen LogP contribution < -0.4 is 19.7 Å². The van der Waals surface area contributed by atoms with Gasteiger partial charge >= 0.3 is 0 Å². The Morgan fingerprint density at radius 1 is 1.18 bits per heavy atom. The minimum Gasteiger partial charge on any atom is -0.493 e. The van der Waals surface area contributed by atoms with Crippen molar-refractivity contribution in [3.8, 4) is 11.5 Å². The molecule has 0 unspecified atom stereocenters. The summed E-state index contributed by atoms with van der Waals surface area (Å²) in [5.41, 5.74) is 1.46. The first-order valence-corrected chi connectivity index (χ1v) is 10.9. The molecule has 2 amide bonds. The lowest BCUT2D eigenvalue weighted by Crippen LogP contribution is -2.54. The zero-order chi connectivity index (χ0) is 24.1. The SMILES string of the molecule is C=CCOc1c(CC=C)cc(/C=C2\C(=O)NC(=S)N(c3cccc(Cl)c3Cl)C2=O)cc1OC. The molecule has 0 saturated carbocycles. The topological polar surface area (TPSA) is 67.9 Å². The van der Waals surface area contributed by atoms with Crippen molar-refractivity contribution in [3.63, 3.8) is 0 Å². The Balaban J connectivity index is 2.09. The standard InChI is InChI=1S/C24H20Cl2N2O4S/c1-4-7-15-11-14(13-19(31-3)21(15)32-10-5-2)12-16-22(29)27-24(33)28(23(16)30)18-9-6-8-17(25)20(18)26/h4-6,8-9,11-13H,1-2,7,10H2,3H3,(H,27,29,33)/b16-12+. The van der Waals surface area contributed by atoms with Crippen molar-refractivity contribution < 1.29 is 19.1 Å². The average Bonchev–Trinajstić information content (AvgIpc) is 2.78. The molecule has 1 fully saturated rings. The van der Waals surface area contributed by atoms with Crippen LogP contribution in [0.1, 0.15) is 11.1 Å². The number of anilines is 1. The van der Waals surface area contributed by atoms with E-state index in [1.807, 2.05) is 0 Å². The number of carbonyl (C=O) groups is 2. The predicted octanol–water partition coefficient (Wildman–Crippen LogP) is 5.13. The molecule has 2 aromatic rings. The number of benzene rings is 2. The second-order valence-electron chi connectivity index (χ2n) is 6.83. The van der Waals surface area contributed by atoms with Gasteiger partial charge in [-0.15, -0.1) is 6.58 Å². The molecule has 1 saturated heterocycles. The zero-order valence-corrected chi connectivity index (χ0v) is 20.0. The van der Waals surface area contributed by atoms with Gasteiger partial charge in [-0.25, -0.2) is 0 Å².